The van der Waals surface area contributed by atoms with Crippen molar-refractivity contribution in [3.05, 3.63) is 93.6 Å². The van der Waals surface area contributed by atoms with Crippen molar-refractivity contribution < 1.29 is 16.8 Å². The number of benzene rings is 3. The van der Waals surface area contributed by atoms with Crippen LogP contribution in [-0.4, -0.2) is 19.0 Å². The number of halogens is 1. The lowest BCUT2D eigenvalue weighted by atomic mass is 10.2. The summed E-state index contributed by atoms with van der Waals surface area (Å²) in [4.78, 5) is -0.00108. The molecule has 0 aliphatic rings. The maximum absolute atomic E-state index is 13.3. The molecule has 3 aromatic rings. The van der Waals surface area contributed by atoms with Crippen LogP contribution in [0, 0.1) is 17.4 Å². The third-order valence-corrected chi connectivity index (χ3v) is 14.2. The standard InChI is InChI=1S/C21H19IO4S2/c1-16-8-12-19(13-9-16)27(23,24)21(22-18-6-4-3-5-7-18)28(25,26)20-14-10-17(2)11-15-20/h3-15H,1-2H3. The van der Waals surface area contributed by atoms with Gasteiger partial charge in [-0.1, -0.05) is 74.3 Å². The van der Waals surface area contributed by atoms with E-state index in [1.807, 2.05) is 19.9 Å². The molecule has 0 saturated heterocycles. The molecule has 0 aromatic heterocycles. The Bertz CT molecular complexity index is 1130. The van der Waals surface area contributed by atoms with Gasteiger partial charge in [0, 0.05) is 3.57 Å². The van der Waals surface area contributed by atoms with Gasteiger partial charge in [0.15, 0.2) is 0 Å². The van der Waals surface area contributed by atoms with Crippen LogP contribution in [0.3, 0.4) is 0 Å². The van der Waals surface area contributed by atoms with Crippen LogP contribution in [0.5, 0.6) is 0 Å². The predicted octanol–water partition coefficient (Wildman–Crippen LogP) is 4.48. The van der Waals surface area contributed by atoms with Gasteiger partial charge in [0.1, 0.15) is 0 Å². The summed E-state index contributed by atoms with van der Waals surface area (Å²) in [5, 5.41) is 0. The Balaban J connectivity index is 2.25. The molecule has 3 rings (SSSR count). The summed E-state index contributed by atoms with van der Waals surface area (Å²) in [5.74, 6) is 0. The van der Waals surface area contributed by atoms with Gasteiger partial charge in [0.2, 0.25) is 21.8 Å². The van der Waals surface area contributed by atoms with Gasteiger partial charge in [-0.3, -0.25) is 0 Å². The van der Waals surface area contributed by atoms with E-state index >= 15 is 0 Å². The second-order valence-corrected chi connectivity index (χ2v) is 14.6. The van der Waals surface area contributed by atoms with E-state index in [0.29, 0.717) is 0 Å². The molecule has 0 amide bonds. The first kappa shape index (κ1) is 20.9. The summed E-state index contributed by atoms with van der Waals surface area (Å²) >= 11 is -1.45. The van der Waals surface area contributed by atoms with Crippen LogP contribution in [0.1, 0.15) is 11.1 Å². The molecule has 0 atom stereocenters. The van der Waals surface area contributed by atoms with Crippen molar-refractivity contribution in [3.8, 4) is 0 Å². The Hall–Kier alpha value is -1.84. The van der Waals surface area contributed by atoms with Crippen molar-refractivity contribution in [2.24, 2.45) is 0 Å². The minimum absolute atomic E-state index is 0.000539. The summed E-state index contributed by atoms with van der Waals surface area (Å²) in [6, 6.07) is 21.4. The second kappa shape index (κ2) is 8.26. The first-order valence-electron chi connectivity index (χ1n) is 8.41. The van der Waals surface area contributed by atoms with Gasteiger partial charge in [-0.25, -0.2) is 16.8 Å². The average Bonchev–Trinajstić information content (AvgIpc) is 2.67. The van der Waals surface area contributed by atoms with E-state index in [-0.39, 0.29) is 9.79 Å². The molecule has 0 fully saturated rings. The summed E-state index contributed by atoms with van der Waals surface area (Å²) in [7, 11) is -8.31. The van der Waals surface area contributed by atoms with Gasteiger partial charge in [0.05, 0.1) is 9.79 Å². The Morgan fingerprint density at radius 1 is 0.607 bits per heavy atom. The van der Waals surface area contributed by atoms with Gasteiger partial charge in [-0.2, -0.15) is 0 Å². The molecule has 4 nitrogen and oxygen atoms in total. The molecule has 0 bridgehead atoms. The van der Waals surface area contributed by atoms with Gasteiger partial charge in [-0.15, -0.1) is 0 Å². The average molecular weight is 526 g/mol. The third-order valence-electron chi connectivity index (χ3n) is 4.00. The zero-order valence-corrected chi connectivity index (χ0v) is 19.1. The highest BCUT2D eigenvalue weighted by molar-refractivity contribution is 14.2. The fourth-order valence-electron chi connectivity index (χ4n) is 2.43. The lowest BCUT2D eigenvalue weighted by molar-refractivity contribution is 0.603. The first-order chi connectivity index (χ1) is 13.2. The molecule has 0 heterocycles. The molecule has 0 radical (unpaired) electrons. The van der Waals surface area contributed by atoms with Crippen molar-refractivity contribution in [2.75, 3.05) is 0 Å². The van der Waals surface area contributed by atoms with E-state index in [2.05, 4.69) is 0 Å². The van der Waals surface area contributed by atoms with E-state index in [4.69, 9.17) is 0 Å². The molecule has 3 aromatic carbocycles. The third kappa shape index (κ3) is 4.42. The lowest BCUT2D eigenvalue weighted by Crippen LogP contribution is -2.23. The summed E-state index contributed by atoms with van der Waals surface area (Å²) in [6.45, 7) is 3.70. The number of hydrogen-bond acceptors (Lipinski definition) is 4. The van der Waals surface area contributed by atoms with Crippen molar-refractivity contribution in [1.29, 1.82) is 0 Å². The fraction of sp³-hybridized carbons (Fsp3) is 0.0952. The van der Waals surface area contributed by atoms with Crippen LogP contribution in [0.4, 0.5) is 0 Å². The number of sulfone groups is 2. The highest BCUT2D eigenvalue weighted by atomic mass is 127. The van der Waals surface area contributed by atoms with Gasteiger partial charge >= 0.3 is 0 Å². The van der Waals surface area contributed by atoms with Gasteiger partial charge < -0.3 is 0 Å². The van der Waals surface area contributed by atoms with E-state index < -0.39 is 42.6 Å². The van der Waals surface area contributed by atoms with Crippen LogP contribution in [0.15, 0.2) is 88.7 Å². The fourth-order valence-corrected chi connectivity index (χ4v) is 11.5. The maximum Gasteiger partial charge on any atom is 0.223 e. The molecule has 0 N–H and O–H groups in total. The van der Waals surface area contributed by atoms with Crippen LogP contribution in [-0.2, 0) is 19.7 Å². The molecule has 28 heavy (non-hydrogen) atoms. The van der Waals surface area contributed by atoms with Crippen molar-refractivity contribution in [3.63, 3.8) is 0 Å². The monoisotopic (exact) mass is 526 g/mol. The van der Waals surface area contributed by atoms with E-state index in [0.717, 1.165) is 14.7 Å². The maximum atomic E-state index is 13.3. The van der Waals surface area contributed by atoms with Crippen LogP contribution < -0.4 is 0 Å². The van der Waals surface area contributed by atoms with Crippen LogP contribution >= 0.6 is 20.7 Å². The summed E-state index contributed by atoms with van der Waals surface area (Å²) < 4.78 is 53.7. The molecule has 0 saturated carbocycles. The largest absolute Gasteiger partial charge is 0.223 e. The Morgan fingerprint density at radius 2 is 1.00 bits per heavy atom. The normalized spacial score (nSPS) is 11.9. The van der Waals surface area contributed by atoms with Crippen LogP contribution in [0.25, 0.3) is 0 Å². The van der Waals surface area contributed by atoms with Gasteiger partial charge in [-0.05, 0) is 50.2 Å². The van der Waals surface area contributed by atoms with Gasteiger partial charge in [0.25, 0.3) is 0 Å². The highest BCUT2D eigenvalue weighted by Gasteiger charge is 2.34. The predicted molar refractivity (Wildman–Crippen MR) is 121 cm³/mol. The molecule has 0 aliphatic carbocycles. The first-order valence-corrected chi connectivity index (χ1v) is 13.5. The topological polar surface area (TPSA) is 68.3 Å². The minimum Gasteiger partial charge on any atom is -0.217 e. The molecule has 0 unspecified atom stereocenters. The molecule has 146 valence electrons. The molecule has 0 spiro atoms. The SMILES string of the molecule is Cc1ccc(S(=O)(=O)C(=Ic2ccccc2)S(=O)(=O)c2ccc(C)cc2)cc1. The Morgan fingerprint density at radius 3 is 1.39 bits per heavy atom. The Kier molecular flexibility index (Phi) is 6.16. The summed E-state index contributed by atoms with van der Waals surface area (Å²) in [6.07, 6.45) is 0. The smallest absolute Gasteiger partial charge is 0.217 e. The zero-order chi connectivity index (χ0) is 20.4. The number of rotatable bonds is 5. The van der Waals surface area contributed by atoms with E-state index in [1.165, 1.54) is 24.3 Å². The number of aryl methyl sites for hydroxylation is 2. The minimum atomic E-state index is -4.15. The quantitative estimate of drug-likeness (QED) is 0.460. The highest BCUT2D eigenvalue weighted by Crippen LogP contribution is 2.29. The zero-order valence-electron chi connectivity index (χ0n) is 15.3. The lowest BCUT2D eigenvalue weighted by Gasteiger charge is -2.11. The molecule has 7 heteroatoms. The summed E-state index contributed by atoms with van der Waals surface area (Å²) in [5.41, 5.74) is 1.80. The Labute approximate surface area is 175 Å². The molecular formula is C21H19IO4S2. The van der Waals surface area contributed by atoms with Crippen LogP contribution in [0.2, 0.25) is 0 Å². The van der Waals surface area contributed by atoms with Crippen molar-refractivity contribution >= 4 is 42.6 Å². The second-order valence-electron chi connectivity index (χ2n) is 6.26. The number of hydrogen-bond donors (Lipinski definition) is 0. The van der Waals surface area contributed by atoms with E-state index in [1.54, 1.807) is 48.5 Å². The van der Waals surface area contributed by atoms with E-state index in [9.17, 15) is 16.8 Å². The van der Waals surface area contributed by atoms with Crippen molar-refractivity contribution in [2.45, 2.75) is 23.6 Å². The molecular weight excluding hydrogens is 507 g/mol. The molecule has 0 aliphatic heterocycles. The van der Waals surface area contributed by atoms with Crippen molar-refractivity contribution in [1.82, 2.24) is 0 Å².